The van der Waals surface area contributed by atoms with Crippen molar-refractivity contribution in [3.05, 3.63) is 102 Å². The number of amides is 1. The Labute approximate surface area is 239 Å². The van der Waals surface area contributed by atoms with E-state index >= 15 is 0 Å². The Bertz CT molecular complexity index is 1520. The second-order valence-corrected chi connectivity index (χ2v) is 10.1. The van der Waals surface area contributed by atoms with Gasteiger partial charge in [-0.25, -0.2) is 0 Å². The molecule has 2 N–H and O–H groups in total. The quantitative estimate of drug-likeness (QED) is 0.264. The summed E-state index contributed by atoms with van der Waals surface area (Å²) < 4.78 is 13.1. The van der Waals surface area contributed by atoms with Crippen molar-refractivity contribution < 1.29 is 14.3 Å². The number of anilines is 1. The summed E-state index contributed by atoms with van der Waals surface area (Å²) in [5.74, 6) is 1.30. The molecule has 0 unspecified atom stereocenters. The first-order chi connectivity index (χ1) is 19.4. The van der Waals surface area contributed by atoms with Crippen molar-refractivity contribution >= 4 is 28.9 Å². The Hall–Kier alpha value is -4.37. The van der Waals surface area contributed by atoms with E-state index in [4.69, 9.17) is 21.7 Å². The lowest BCUT2D eigenvalue weighted by molar-refractivity contribution is -0.116. The van der Waals surface area contributed by atoms with E-state index in [-0.39, 0.29) is 24.4 Å². The fourth-order valence-corrected chi connectivity index (χ4v) is 5.73. The topological polar surface area (TPSA) is 80.7 Å². The van der Waals surface area contributed by atoms with Crippen molar-refractivity contribution in [1.82, 2.24) is 19.8 Å². The molecule has 1 amide bonds. The average Bonchev–Trinajstić information content (AvgIpc) is 3.46. The van der Waals surface area contributed by atoms with Crippen LogP contribution in [0.25, 0.3) is 5.69 Å². The van der Waals surface area contributed by atoms with Gasteiger partial charge in [0.15, 0.2) is 5.11 Å². The first-order valence-corrected chi connectivity index (χ1v) is 13.6. The highest BCUT2D eigenvalue weighted by molar-refractivity contribution is 7.80. The number of rotatable bonds is 9. The molecule has 3 heterocycles. The van der Waals surface area contributed by atoms with Crippen molar-refractivity contribution in [2.24, 2.45) is 0 Å². The summed E-state index contributed by atoms with van der Waals surface area (Å²) in [6.07, 6.45) is 2.04. The highest BCUT2D eigenvalue weighted by atomic mass is 32.1. The van der Waals surface area contributed by atoms with Crippen LogP contribution in [0.3, 0.4) is 0 Å². The number of hydrogen-bond acceptors (Lipinski definition) is 5. The number of carbonyl (C=O) groups excluding carboxylic acids is 1. The summed E-state index contributed by atoms with van der Waals surface area (Å²) in [7, 11) is 3.26. The van der Waals surface area contributed by atoms with Crippen LogP contribution in [0.5, 0.6) is 11.5 Å². The Morgan fingerprint density at radius 3 is 2.58 bits per heavy atom. The van der Waals surface area contributed by atoms with Crippen LogP contribution in [-0.4, -0.2) is 46.2 Å². The molecule has 0 radical (unpaired) electrons. The number of methoxy groups -OCH3 is 2. The highest BCUT2D eigenvalue weighted by Crippen LogP contribution is 2.41. The van der Waals surface area contributed by atoms with Crippen molar-refractivity contribution in [2.75, 3.05) is 26.1 Å². The molecule has 1 saturated heterocycles. The summed E-state index contributed by atoms with van der Waals surface area (Å²) >= 11 is 5.84. The number of nitrogens with zero attached hydrogens (tertiary/aromatic N) is 3. The number of thiocarbonyl (C=S) groups is 1. The van der Waals surface area contributed by atoms with Gasteiger partial charge in [-0.15, -0.1) is 0 Å². The van der Waals surface area contributed by atoms with E-state index in [9.17, 15) is 4.79 Å². The zero-order chi connectivity index (χ0) is 28.2. The minimum absolute atomic E-state index is 0.116. The molecular formula is C31H33N5O3S. The maximum atomic E-state index is 13.0. The number of pyridine rings is 1. The van der Waals surface area contributed by atoms with Gasteiger partial charge in [-0.3, -0.25) is 9.78 Å². The third kappa shape index (κ3) is 5.37. The molecule has 0 saturated carbocycles. The summed E-state index contributed by atoms with van der Waals surface area (Å²) in [6.45, 7) is 4.65. The maximum absolute atomic E-state index is 13.0. The van der Waals surface area contributed by atoms with E-state index < -0.39 is 0 Å². The Balaban J connectivity index is 1.47. The molecule has 5 rings (SSSR count). The molecule has 2 aromatic carbocycles. The number of nitrogens with one attached hydrogen (secondary N) is 2. The average molecular weight is 556 g/mol. The first-order valence-electron chi connectivity index (χ1n) is 13.2. The smallest absolute Gasteiger partial charge is 0.226 e. The van der Waals surface area contributed by atoms with Gasteiger partial charge >= 0.3 is 0 Å². The lowest BCUT2D eigenvalue weighted by atomic mass is 9.96. The lowest BCUT2D eigenvalue weighted by Gasteiger charge is -2.28. The third-order valence-corrected chi connectivity index (χ3v) is 7.61. The molecule has 1 aliphatic heterocycles. The van der Waals surface area contributed by atoms with Crippen molar-refractivity contribution in [2.45, 2.75) is 32.4 Å². The van der Waals surface area contributed by atoms with E-state index in [0.29, 0.717) is 23.1 Å². The minimum Gasteiger partial charge on any atom is -0.497 e. The monoisotopic (exact) mass is 555 g/mol. The van der Waals surface area contributed by atoms with Crippen LogP contribution in [0.2, 0.25) is 0 Å². The normalized spacial score (nSPS) is 16.5. The molecule has 1 aliphatic rings. The standard InChI is InChI=1S/C31H33N5O3S/c1-20-18-24(21(2)36(20)22-10-9-11-23(19-22)38-3)30-29(26-13-7-8-16-32-26)34-31(40)35(30)17-15-28(37)33-25-12-5-6-14-27(25)39-4/h5-14,16,18-19,29-30H,15,17H2,1-4H3,(H,33,37)(H,34,40)/t29-,30+/m0/s1. The molecule has 9 heteroatoms. The fourth-order valence-electron chi connectivity index (χ4n) is 5.40. The zero-order valence-corrected chi connectivity index (χ0v) is 23.9. The van der Waals surface area contributed by atoms with Gasteiger partial charge in [0.25, 0.3) is 0 Å². The number of aromatic nitrogens is 2. The summed E-state index contributed by atoms with van der Waals surface area (Å²) in [6, 6.07) is 23.2. The molecule has 2 aromatic heterocycles. The number of ether oxygens (including phenoxy) is 2. The molecule has 0 spiro atoms. The van der Waals surface area contributed by atoms with Gasteiger partial charge in [-0.05, 0) is 74.1 Å². The van der Waals surface area contributed by atoms with Crippen molar-refractivity contribution in [3.63, 3.8) is 0 Å². The Kier molecular flexibility index (Phi) is 8.02. The van der Waals surface area contributed by atoms with Crippen LogP contribution >= 0.6 is 12.2 Å². The SMILES string of the molecule is COc1cccc(-n2c(C)cc([C@@H]3[C@H](c4ccccn4)NC(=S)N3CCC(=O)Nc3ccccc3OC)c2C)c1. The van der Waals surface area contributed by atoms with E-state index in [2.05, 4.69) is 51.1 Å². The molecule has 206 valence electrons. The molecule has 0 bridgehead atoms. The number of aryl methyl sites for hydroxylation is 1. The summed E-state index contributed by atoms with van der Waals surface area (Å²) in [4.78, 5) is 19.8. The number of benzene rings is 2. The second-order valence-electron chi connectivity index (χ2n) is 9.68. The minimum atomic E-state index is -0.176. The zero-order valence-electron chi connectivity index (χ0n) is 23.0. The lowest BCUT2D eigenvalue weighted by Crippen LogP contribution is -2.33. The van der Waals surface area contributed by atoms with E-state index in [1.807, 2.05) is 60.7 Å². The predicted octanol–water partition coefficient (Wildman–Crippen LogP) is 5.51. The van der Waals surface area contributed by atoms with Gasteiger partial charge in [-0.1, -0.05) is 24.3 Å². The molecule has 8 nitrogen and oxygen atoms in total. The van der Waals surface area contributed by atoms with Gasteiger partial charge in [0.1, 0.15) is 11.5 Å². The molecule has 1 fully saturated rings. The number of hydrogen-bond donors (Lipinski definition) is 2. The largest absolute Gasteiger partial charge is 0.497 e. The maximum Gasteiger partial charge on any atom is 0.226 e. The van der Waals surface area contributed by atoms with Crippen LogP contribution in [0.4, 0.5) is 5.69 Å². The second kappa shape index (κ2) is 11.8. The molecular weight excluding hydrogens is 522 g/mol. The van der Waals surface area contributed by atoms with Gasteiger partial charge < -0.3 is 29.6 Å². The summed E-state index contributed by atoms with van der Waals surface area (Å²) in [5, 5.41) is 7.05. The molecule has 40 heavy (non-hydrogen) atoms. The Morgan fingerprint density at radius 2 is 1.82 bits per heavy atom. The van der Waals surface area contributed by atoms with E-state index in [1.165, 1.54) is 0 Å². The van der Waals surface area contributed by atoms with Crippen LogP contribution in [0.15, 0.2) is 79.0 Å². The van der Waals surface area contributed by atoms with Crippen molar-refractivity contribution in [3.8, 4) is 17.2 Å². The van der Waals surface area contributed by atoms with E-state index in [0.717, 1.165) is 34.1 Å². The number of para-hydroxylation sites is 2. The predicted molar refractivity (Wildman–Crippen MR) is 160 cm³/mol. The fraction of sp³-hybridized carbons (Fsp3) is 0.258. The van der Waals surface area contributed by atoms with Crippen LogP contribution in [0.1, 0.15) is 41.1 Å². The summed E-state index contributed by atoms with van der Waals surface area (Å²) in [5.41, 5.74) is 5.85. The van der Waals surface area contributed by atoms with Gasteiger partial charge in [0, 0.05) is 42.3 Å². The Morgan fingerprint density at radius 1 is 1.02 bits per heavy atom. The number of carbonyl (C=O) groups is 1. The molecule has 0 aliphatic carbocycles. The van der Waals surface area contributed by atoms with Gasteiger partial charge in [0.2, 0.25) is 5.91 Å². The molecule has 2 atom stereocenters. The molecule has 4 aromatic rings. The van der Waals surface area contributed by atoms with Gasteiger partial charge in [0.05, 0.1) is 37.7 Å². The highest BCUT2D eigenvalue weighted by Gasteiger charge is 2.41. The van der Waals surface area contributed by atoms with Crippen LogP contribution in [0, 0.1) is 13.8 Å². The van der Waals surface area contributed by atoms with Crippen LogP contribution in [-0.2, 0) is 4.79 Å². The van der Waals surface area contributed by atoms with Crippen molar-refractivity contribution in [1.29, 1.82) is 0 Å². The third-order valence-electron chi connectivity index (χ3n) is 7.26. The first kappa shape index (κ1) is 27.2. The van der Waals surface area contributed by atoms with Gasteiger partial charge in [-0.2, -0.15) is 0 Å². The van der Waals surface area contributed by atoms with E-state index in [1.54, 1.807) is 20.4 Å². The van der Waals surface area contributed by atoms with Crippen LogP contribution < -0.4 is 20.1 Å².